The van der Waals surface area contributed by atoms with Crippen molar-refractivity contribution in [1.29, 1.82) is 0 Å². The second-order valence-corrected chi connectivity index (χ2v) is 8.83. The number of thiophene rings is 1. The Hall–Kier alpha value is -2.83. The summed E-state index contributed by atoms with van der Waals surface area (Å²) >= 11 is 1.56. The van der Waals surface area contributed by atoms with Crippen molar-refractivity contribution in [2.75, 3.05) is 19.6 Å². The third kappa shape index (κ3) is 5.46. The second kappa shape index (κ2) is 9.98. The molecule has 3 aromatic rings. The van der Waals surface area contributed by atoms with Crippen LogP contribution in [0.5, 0.6) is 0 Å². The van der Waals surface area contributed by atoms with Crippen LogP contribution in [0.4, 0.5) is 4.39 Å². The molecule has 4 nitrogen and oxygen atoms in total. The highest BCUT2D eigenvalue weighted by Crippen LogP contribution is 2.27. The third-order valence-electron chi connectivity index (χ3n) is 5.72. The van der Waals surface area contributed by atoms with Crippen LogP contribution in [0, 0.1) is 11.7 Å². The maximum absolute atomic E-state index is 13.3. The number of rotatable bonds is 7. The number of benzene rings is 2. The predicted molar refractivity (Wildman–Crippen MR) is 121 cm³/mol. The van der Waals surface area contributed by atoms with Crippen LogP contribution < -0.4 is 5.32 Å². The Morgan fingerprint density at radius 3 is 2.35 bits per heavy atom. The molecule has 1 aliphatic rings. The summed E-state index contributed by atoms with van der Waals surface area (Å²) in [6.45, 7) is 1.73. The van der Waals surface area contributed by atoms with Crippen molar-refractivity contribution in [3.05, 3.63) is 93.9 Å². The van der Waals surface area contributed by atoms with E-state index < -0.39 is 0 Å². The molecule has 0 spiro atoms. The molecule has 1 fully saturated rings. The van der Waals surface area contributed by atoms with Crippen molar-refractivity contribution in [3.8, 4) is 0 Å². The van der Waals surface area contributed by atoms with Gasteiger partial charge in [-0.1, -0.05) is 48.5 Å². The quantitative estimate of drug-likeness (QED) is 0.547. The monoisotopic (exact) mass is 436 g/mol. The highest BCUT2D eigenvalue weighted by molar-refractivity contribution is 7.10. The van der Waals surface area contributed by atoms with Crippen LogP contribution in [-0.2, 0) is 4.79 Å². The molecule has 31 heavy (non-hydrogen) atoms. The van der Waals surface area contributed by atoms with Gasteiger partial charge >= 0.3 is 0 Å². The summed E-state index contributed by atoms with van der Waals surface area (Å²) in [4.78, 5) is 28.6. The van der Waals surface area contributed by atoms with Crippen LogP contribution in [-0.4, -0.2) is 36.2 Å². The standard InChI is InChI=1S/C25H25FN2O2S/c26-21-10-8-18(9-11-21)24(22-7-4-16-31-22)27-23(29)17-28-14-12-20(13-15-28)25(30)19-5-2-1-3-6-19/h1-11,16,20,24H,12-15,17H2,(H,27,29)/t24-/m0/s1. The number of Topliss-reactive ketones (excluding diaryl/α,β-unsaturated/α-hetero) is 1. The summed E-state index contributed by atoms with van der Waals surface area (Å²) < 4.78 is 13.3. The zero-order valence-electron chi connectivity index (χ0n) is 17.2. The number of hydrogen-bond acceptors (Lipinski definition) is 4. The van der Waals surface area contributed by atoms with Crippen LogP contribution >= 0.6 is 11.3 Å². The van der Waals surface area contributed by atoms with Crippen molar-refractivity contribution in [2.45, 2.75) is 18.9 Å². The Labute approximate surface area is 185 Å². The molecular weight excluding hydrogens is 411 g/mol. The fraction of sp³-hybridized carbons (Fsp3) is 0.280. The predicted octanol–water partition coefficient (Wildman–Crippen LogP) is 4.69. The van der Waals surface area contributed by atoms with Gasteiger partial charge in [-0.05, 0) is 55.1 Å². The number of halogens is 1. The normalized spacial score (nSPS) is 16.0. The van der Waals surface area contributed by atoms with E-state index in [0.717, 1.165) is 41.9 Å². The number of hydrogen-bond donors (Lipinski definition) is 1. The van der Waals surface area contributed by atoms with E-state index in [4.69, 9.17) is 0 Å². The molecule has 1 saturated heterocycles. The number of nitrogens with one attached hydrogen (secondary N) is 1. The van der Waals surface area contributed by atoms with Crippen LogP contribution in [0.1, 0.15) is 39.7 Å². The van der Waals surface area contributed by atoms with Gasteiger partial charge in [-0.2, -0.15) is 0 Å². The topological polar surface area (TPSA) is 49.4 Å². The smallest absolute Gasteiger partial charge is 0.234 e. The van der Waals surface area contributed by atoms with Crippen LogP contribution in [0.2, 0.25) is 0 Å². The van der Waals surface area contributed by atoms with Gasteiger partial charge in [0, 0.05) is 16.4 Å². The number of carbonyl (C=O) groups excluding carboxylic acids is 2. The molecule has 0 radical (unpaired) electrons. The average Bonchev–Trinajstić information content (AvgIpc) is 3.33. The summed E-state index contributed by atoms with van der Waals surface area (Å²) in [6, 6.07) is 19.3. The Bertz CT molecular complexity index is 998. The van der Waals surface area contributed by atoms with E-state index in [1.165, 1.54) is 12.1 Å². The highest BCUT2D eigenvalue weighted by Gasteiger charge is 2.27. The number of carbonyl (C=O) groups is 2. The van der Waals surface area contributed by atoms with E-state index in [1.54, 1.807) is 23.5 Å². The minimum absolute atomic E-state index is 0.0137. The Morgan fingerprint density at radius 2 is 1.71 bits per heavy atom. The molecule has 6 heteroatoms. The van der Waals surface area contributed by atoms with Crippen molar-refractivity contribution < 1.29 is 14.0 Å². The zero-order chi connectivity index (χ0) is 21.6. The van der Waals surface area contributed by atoms with Gasteiger partial charge in [-0.15, -0.1) is 11.3 Å². The van der Waals surface area contributed by atoms with E-state index in [0.29, 0.717) is 0 Å². The van der Waals surface area contributed by atoms with E-state index in [2.05, 4.69) is 10.2 Å². The van der Waals surface area contributed by atoms with Crippen molar-refractivity contribution >= 4 is 23.0 Å². The van der Waals surface area contributed by atoms with Gasteiger partial charge in [0.1, 0.15) is 5.82 Å². The molecule has 1 N–H and O–H groups in total. The first-order chi connectivity index (χ1) is 15.1. The average molecular weight is 437 g/mol. The number of nitrogens with zero attached hydrogens (tertiary/aromatic N) is 1. The highest BCUT2D eigenvalue weighted by atomic mass is 32.1. The first-order valence-corrected chi connectivity index (χ1v) is 11.4. The molecule has 1 amide bonds. The molecule has 0 unspecified atom stereocenters. The van der Waals surface area contributed by atoms with Crippen LogP contribution in [0.3, 0.4) is 0 Å². The first kappa shape index (κ1) is 21.4. The van der Waals surface area contributed by atoms with Crippen molar-refractivity contribution in [3.63, 3.8) is 0 Å². The number of ketones is 1. The van der Waals surface area contributed by atoms with Crippen molar-refractivity contribution in [1.82, 2.24) is 10.2 Å². The lowest BCUT2D eigenvalue weighted by molar-refractivity contribution is -0.123. The van der Waals surface area contributed by atoms with Crippen LogP contribution in [0.15, 0.2) is 72.1 Å². The molecule has 160 valence electrons. The van der Waals surface area contributed by atoms with Gasteiger partial charge in [-0.3, -0.25) is 14.5 Å². The maximum atomic E-state index is 13.3. The fourth-order valence-corrected chi connectivity index (χ4v) is 4.83. The summed E-state index contributed by atoms with van der Waals surface area (Å²) in [5.74, 6) is -0.165. The largest absolute Gasteiger partial charge is 0.343 e. The molecule has 2 heterocycles. The lowest BCUT2D eigenvalue weighted by Gasteiger charge is -2.31. The lowest BCUT2D eigenvalue weighted by atomic mass is 9.89. The molecule has 1 aliphatic heterocycles. The SMILES string of the molecule is O=C(CN1CCC(C(=O)c2ccccc2)CC1)N[C@@H](c1ccc(F)cc1)c1cccs1. The van der Waals surface area contributed by atoms with E-state index in [9.17, 15) is 14.0 Å². The molecule has 0 saturated carbocycles. The van der Waals surface area contributed by atoms with E-state index in [-0.39, 0.29) is 36.0 Å². The summed E-state index contributed by atoms with van der Waals surface area (Å²) in [6.07, 6.45) is 1.51. The molecule has 4 rings (SSSR count). The third-order valence-corrected chi connectivity index (χ3v) is 6.66. The molecule has 2 aromatic carbocycles. The molecule has 1 atom stereocenters. The second-order valence-electron chi connectivity index (χ2n) is 7.85. The van der Waals surface area contributed by atoms with Gasteiger partial charge in [-0.25, -0.2) is 4.39 Å². The number of piperidine rings is 1. The minimum Gasteiger partial charge on any atom is -0.343 e. The maximum Gasteiger partial charge on any atom is 0.234 e. The van der Waals surface area contributed by atoms with Crippen molar-refractivity contribution in [2.24, 2.45) is 5.92 Å². The lowest BCUT2D eigenvalue weighted by Crippen LogP contribution is -2.43. The molecule has 0 bridgehead atoms. The van der Waals surface area contributed by atoms with Crippen LogP contribution in [0.25, 0.3) is 0 Å². The summed E-state index contributed by atoms with van der Waals surface area (Å²) in [7, 11) is 0. The Balaban J connectivity index is 1.34. The van der Waals surface area contributed by atoms with Gasteiger partial charge in [0.15, 0.2) is 5.78 Å². The first-order valence-electron chi connectivity index (χ1n) is 10.5. The van der Waals surface area contributed by atoms with Gasteiger partial charge in [0.2, 0.25) is 5.91 Å². The number of likely N-dealkylation sites (tertiary alicyclic amines) is 1. The summed E-state index contributed by atoms with van der Waals surface area (Å²) in [5, 5.41) is 5.07. The van der Waals surface area contributed by atoms with E-state index in [1.807, 2.05) is 47.8 Å². The molecule has 1 aromatic heterocycles. The molecular formula is C25H25FN2O2S. The molecule has 0 aliphatic carbocycles. The zero-order valence-corrected chi connectivity index (χ0v) is 18.0. The Morgan fingerprint density at radius 1 is 1.00 bits per heavy atom. The fourth-order valence-electron chi connectivity index (χ4n) is 4.03. The minimum atomic E-state index is -0.301. The van der Waals surface area contributed by atoms with Gasteiger partial charge < -0.3 is 5.32 Å². The number of amides is 1. The van der Waals surface area contributed by atoms with Gasteiger partial charge in [0.05, 0.1) is 12.6 Å². The van der Waals surface area contributed by atoms with Gasteiger partial charge in [0.25, 0.3) is 0 Å². The Kier molecular flexibility index (Phi) is 6.89. The summed E-state index contributed by atoms with van der Waals surface area (Å²) in [5.41, 5.74) is 1.61. The van der Waals surface area contributed by atoms with E-state index >= 15 is 0 Å².